The van der Waals surface area contributed by atoms with E-state index in [1.54, 1.807) is 12.3 Å². The summed E-state index contributed by atoms with van der Waals surface area (Å²) in [7, 11) is 0. The molecule has 1 rings (SSSR count). The molecule has 0 aliphatic carbocycles. The van der Waals surface area contributed by atoms with Crippen molar-refractivity contribution in [3.8, 4) is 0 Å². The molecule has 76 valence electrons. The Labute approximate surface area is 81.7 Å². The lowest BCUT2D eigenvalue weighted by molar-refractivity contribution is -0.138. The number of carboxylic acids is 1. The molecule has 14 heavy (non-hydrogen) atoms. The second-order valence-electron chi connectivity index (χ2n) is 3.07. The van der Waals surface area contributed by atoms with Crippen LogP contribution >= 0.6 is 0 Å². The van der Waals surface area contributed by atoms with Gasteiger partial charge in [-0.25, -0.2) is 4.98 Å². The van der Waals surface area contributed by atoms with Crippen molar-refractivity contribution in [2.45, 2.75) is 18.9 Å². The summed E-state index contributed by atoms with van der Waals surface area (Å²) in [4.78, 5) is 14.3. The Bertz CT molecular complexity index is 310. The summed E-state index contributed by atoms with van der Waals surface area (Å²) in [6, 6.07) is 2.69. The maximum atomic E-state index is 10.4. The molecular formula is C9H13N3O2. The van der Waals surface area contributed by atoms with Crippen LogP contribution in [0.1, 0.15) is 12.0 Å². The summed E-state index contributed by atoms with van der Waals surface area (Å²) >= 11 is 0. The van der Waals surface area contributed by atoms with E-state index in [0.717, 1.165) is 5.56 Å². The normalized spacial score (nSPS) is 12.4. The van der Waals surface area contributed by atoms with Crippen molar-refractivity contribution in [1.29, 1.82) is 0 Å². The average Bonchev–Trinajstić information content (AvgIpc) is 2.16. The number of carboxylic acid groups (broad SMARTS) is 1. The third kappa shape index (κ3) is 3.02. The van der Waals surface area contributed by atoms with Crippen LogP contribution in [0.3, 0.4) is 0 Å². The van der Waals surface area contributed by atoms with E-state index in [2.05, 4.69) is 4.98 Å². The lowest BCUT2D eigenvalue weighted by Gasteiger charge is -2.05. The molecular weight excluding hydrogens is 182 g/mol. The molecule has 5 N–H and O–H groups in total. The Hall–Kier alpha value is -1.62. The smallest absolute Gasteiger partial charge is 0.320 e. The molecule has 1 aromatic rings. The summed E-state index contributed by atoms with van der Waals surface area (Å²) in [5, 5.41) is 8.54. The minimum Gasteiger partial charge on any atom is -0.480 e. The van der Waals surface area contributed by atoms with Crippen LogP contribution in [-0.4, -0.2) is 22.1 Å². The third-order valence-electron chi connectivity index (χ3n) is 1.91. The minimum absolute atomic E-state index is 0.404. The predicted octanol–water partition coefficient (Wildman–Crippen LogP) is 0.00830. The summed E-state index contributed by atoms with van der Waals surface area (Å²) in [6.45, 7) is 0. The summed E-state index contributed by atoms with van der Waals surface area (Å²) in [5.41, 5.74) is 11.7. The van der Waals surface area contributed by atoms with Gasteiger partial charge in [-0.05, 0) is 24.5 Å². The van der Waals surface area contributed by atoms with Gasteiger partial charge in [-0.1, -0.05) is 6.07 Å². The molecule has 0 aromatic carbocycles. The topological polar surface area (TPSA) is 102 Å². The fraction of sp³-hybridized carbons (Fsp3) is 0.333. The molecule has 0 spiro atoms. The summed E-state index contributed by atoms with van der Waals surface area (Å²) in [6.07, 6.45) is 2.63. The molecule has 0 saturated carbocycles. The number of carbonyl (C=O) groups is 1. The fourth-order valence-corrected chi connectivity index (χ4v) is 1.03. The van der Waals surface area contributed by atoms with E-state index in [1.165, 1.54) is 0 Å². The molecule has 0 bridgehead atoms. The van der Waals surface area contributed by atoms with E-state index in [9.17, 15) is 4.79 Å². The number of nitrogens with two attached hydrogens (primary N) is 2. The van der Waals surface area contributed by atoms with Crippen molar-refractivity contribution in [3.05, 3.63) is 23.9 Å². The van der Waals surface area contributed by atoms with Gasteiger partial charge >= 0.3 is 5.97 Å². The molecule has 1 unspecified atom stereocenters. The molecule has 0 aliphatic rings. The molecule has 0 fully saturated rings. The Morgan fingerprint density at radius 1 is 1.57 bits per heavy atom. The van der Waals surface area contributed by atoms with Crippen molar-refractivity contribution in [3.63, 3.8) is 0 Å². The zero-order valence-electron chi connectivity index (χ0n) is 7.68. The van der Waals surface area contributed by atoms with Gasteiger partial charge in [0.2, 0.25) is 0 Å². The van der Waals surface area contributed by atoms with Gasteiger partial charge in [-0.15, -0.1) is 0 Å². The lowest BCUT2D eigenvalue weighted by Crippen LogP contribution is -2.30. The number of aromatic nitrogens is 1. The highest BCUT2D eigenvalue weighted by atomic mass is 16.4. The number of rotatable bonds is 4. The maximum absolute atomic E-state index is 10.4. The Balaban J connectivity index is 2.46. The monoisotopic (exact) mass is 195 g/mol. The molecule has 5 nitrogen and oxygen atoms in total. The van der Waals surface area contributed by atoms with E-state index < -0.39 is 12.0 Å². The van der Waals surface area contributed by atoms with Gasteiger partial charge in [0.25, 0.3) is 0 Å². The molecule has 0 aliphatic heterocycles. The van der Waals surface area contributed by atoms with Gasteiger partial charge < -0.3 is 16.6 Å². The first-order valence-electron chi connectivity index (χ1n) is 4.28. The van der Waals surface area contributed by atoms with E-state index in [1.807, 2.05) is 6.07 Å². The van der Waals surface area contributed by atoms with Crippen LogP contribution in [0.15, 0.2) is 18.3 Å². The standard InChI is InChI=1S/C9H13N3O2/c10-7(9(13)14)3-1-6-2-4-8(11)12-5-6/h2,4-5,7H,1,3,10H2,(H2,11,12)(H,13,14). The van der Waals surface area contributed by atoms with E-state index in [4.69, 9.17) is 16.6 Å². The first-order valence-corrected chi connectivity index (χ1v) is 4.28. The van der Waals surface area contributed by atoms with Crippen molar-refractivity contribution in [2.24, 2.45) is 5.73 Å². The van der Waals surface area contributed by atoms with Crippen LogP contribution in [0.4, 0.5) is 5.82 Å². The van der Waals surface area contributed by atoms with Crippen molar-refractivity contribution < 1.29 is 9.90 Å². The minimum atomic E-state index is -0.978. The molecule has 1 atom stereocenters. The van der Waals surface area contributed by atoms with Gasteiger partial charge in [0, 0.05) is 6.20 Å². The predicted molar refractivity (Wildman–Crippen MR) is 52.6 cm³/mol. The largest absolute Gasteiger partial charge is 0.480 e. The van der Waals surface area contributed by atoms with Crippen LogP contribution in [0, 0.1) is 0 Å². The Morgan fingerprint density at radius 3 is 2.79 bits per heavy atom. The van der Waals surface area contributed by atoms with Gasteiger partial charge in [0.15, 0.2) is 0 Å². The number of aliphatic carboxylic acids is 1. The fourth-order valence-electron chi connectivity index (χ4n) is 1.03. The summed E-state index contributed by atoms with van der Waals surface area (Å²) in [5.74, 6) is -0.523. The van der Waals surface area contributed by atoms with E-state index in [-0.39, 0.29) is 0 Å². The van der Waals surface area contributed by atoms with Crippen LogP contribution in [0.5, 0.6) is 0 Å². The molecule has 0 amide bonds. The second-order valence-corrected chi connectivity index (χ2v) is 3.07. The lowest BCUT2D eigenvalue weighted by atomic mass is 10.1. The van der Waals surface area contributed by atoms with Crippen LogP contribution in [0.2, 0.25) is 0 Å². The molecule has 1 heterocycles. The summed E-state index contributed by atoms with van der Waals surface area (Å²) < 4.78 is 0. The van der Waals surface area contributed by atoms with E-state index in [0.29, 0.717) is 18.7 Å². The number of hydrogen-bond acceptors (Lipinski definition) is 4. The molecule has 5 heteroatoms. The third-order valence-corrected chi connectivity index (χ3v) is 1.91. The van der Waals surface area contributed by atoms with Gasteiger partial charge in [-0.3, -0.25) is 4.79 Å². The van der Waals surface area contributed by atoms with Crippen LogP contribution in [0.25, 0.3) is 0 Å². The average molecular weight is 195 g/mol. The Kier molecular flexibility index (Phi) is 3.41. The van der Waals surface area contributed by atoms with Gasteiger partial charge in [0.05, 0.1) is 0 Å². The Morgan fingerprint density at radius 2 is 2.29 bits per heavy atom. The number of nitrogen functional groups attached to an aromatic ring is 1. The maximum Gasteiger partial charge on any atom is 0.320 e. The molecule has 1 aromatic heterocycles. The highest BCUT2D eigenvalue weighted by molar-refractivity contribution is 5.73. The molecule has 0 saturated heterocycles. The van der Waals surface area contributed by atoms with Crippen molar-refractivity contribution in [2.75, 3.05) is 5.73 Å². The van der Waals surface area contributed by atoms with E-state index >= 15 is 0 Å². The van der Waals surface area contributed by atoms with Crippen LogP contribution < -0.4 is 11.5 Å². The molecule has 0 radical (unpaired) electrons. The SMILES string of the molecule is Nc1ccc(CCC(N)C(=O)O)cn1. The zero-order valence-corrected chi connectivity index (χ0v) is 7.68. The number of nitrogens with zero attached hydrogens (tertiary/aromatic N) is 1. The van der Waals surface area contributed by atoms with Crippen molar-refractivity contribution in [1.82, 2.24) is 4.98 Å². The highest BCUT2D eigenvalue weighted by Gasteiger charge is 2.10. The number of pyridine rings is 1. The number of aryl methyl sites for hydroxylation is 1. The quantitative estimate of drug-likeness (QED) is 0.628. The highest BCUT2D eigenvalue weighted by Crippen LogP contribution is 2.05. The first kappa shape index (κ1) is 10.5. The first-order chi connectivity index (χ1) is 6.59. The second kappa shape index (κ2) is 4.57. The zero-order chi connectivity index (χ0) is 10.6. The van der Waals surface area contributed by atoms with Crippen LogP contribution in [-0.2, 0) is 11.2 Å². The van der Waals surface area contributed by atoms with Gasteiger partial charge in [-0.2, -0.15) is 0 Å². The van der Waals surface area contributed by atoms with Crippen molar-refractivity contribution >= 4 is 11.8 Å². The number of anilines is 1. The number of hydrogen-bond donors (Lipinski definition) is 3. The van der Waals surface area contributed by atoms with Gasteiger partial charge in [0.1, 0.15) is 11.9 Å².